The van der Waals surface area contributed by atoms with Crippen LogP contribution in [0.2, 0.25) is 0 Å². The van der Waals surface area contributed by atoms with Crippen LogP contribution in [0, 0.1) is 0 Å². The van der Waals surface area contributed by atoms with Crippen LogP contribution in [0.3, 0.4) is 0 Å². The summed E-state index contributed by atoms with van der Waals surface area (Å²) in [5, 5.41) is 2.84. The molecular formula is C24H14O8. The summed E-state index contributed by atoms with van der Waals surface area (Å²) in [6, 6.07) is 11.6. The summed E-state index contributed by atoms with van der Waals surface area (Å²) >= 11 is 0. The first kappa shape index (κ1) is 18.3. The van der Waals surface area contributed by atoms with Gasteiger partial charge in [-0.3, -0.25) is 0 Å². The lowest BCUT2D eigenvalue weighted by Crippen LogP contribution is -2.08. The zero-order chi connectivity index (χ0) is 21.8. The van der Waals surface area contributed by atoms with Gasteiger partial charge in [0.1, 0.15) is 29.1 Å². The Bertz CT molecular complexity index is 1760. The summed E-state index contributed by atoms with van der Waals surface area (Å²) in [6.07, 6.45) is 3.07. The highest BCUT2D eigenvalue weighted by Crippen LogP contribution is 2.38. The molecule has 0 N–H and O–H groups in total. The van der Waals surface area contributed by atoms with Gasteiger partial charge in [0, 0.05) is 22.9 Å². The summed E-state index contributed by atoms with van der Waals surface area (Å²) in [5.74, 6) is 0.535. The zero-order valence-corrected chi connectivity index (χ0v) is 16.7. The fourth-order valence-corrected chi connectivity index (χ4v) is 3.95. The van der Waals surface area contributed by atoms with Gasteiger partial charge in [-0.05, 0) is 30.3 Å². The van der Waals surface area contributed by atoms with Gasteiger partial charge in [-0.2, -0.15) is 0 Å². The number of benzene rings is 2. The number of rotatable bonds is 4. The van der Waals surface area contributed by atoms with Crippen molar-refractivity contribution in [2.75, 3.05) is 7.11 Å². The van der Waals surface area contributed by atoms with Crippen LogP contribution in [0.25, 0.3) is 43.9 Å². The Morgan fingerprint density at radius 2 is 1.66 bits per heavy atom. The Morgan fingerprint density at radius 1 is 0.812 bits per heavy atom. The molecule has 0 aliphatic carbocycles. The second-order valence-electron chi connectivity index (χ2n) is 7.21. The molecule has 0 aliphatic rings. The zero-order valence-electron chi connectivity index (χ0n) is 16.7. The molecule has 6 rings (SSSR count). The molecule has 0 amide bonds. The van der Waals surface area contributed by atoms with Crippen molar-refractivity contribution in [1.29, 1.82) is 0 Å². The van der Waals surface area contributed by atoms with Crippen LogP contribution in [-0.4, -0.2) is 7.11 Å². The van der Waals surface area contributed by atoms with E-state index in [1.165, 1.54) is 19.4 Å². The van der Waals surface area contributed by atoms with E-state index in [1.54, 1.807) is 30.5 Å². The summed E-state index contributed by atoms with van der Waals surface area (Å²) < 4.78 is 33.2. The first-order valence-electron chi connectivity index (χ1n) is 9.70. The van der Waals surface area contributed by atoms with E-state index in [0.717, 1.165) is 5.39 Å². The first-order valence-corrected chi connectivity index (χ1v) is 9.70. The van der Waals surface area contributed by atoms with Crippen LogP contribution in [-0.2, 0) is 6.61 Å². The van der Waals surface area contributed by atoms with Gasteiger partial charge in [0.2, 0.25) is 5.75 Å². The average molecular weight is 430 g/mol. The Morgan fingerprint density at radius 3 is 2.53 bits per heavy atom. The molecule has 0 saturated heterocycles. The lowest BCUT2D eigenvalue weighted by atomic mass is 10.1. The third kappa shape index (κ3) is 2.70. The predicted octanol–water partition coefficient (Wildman–Crippen LogP) is 4.98. The highest BCUT2D eigenvalue weighted by Gasteiger charge is 2.20. The molecule has 0 unspecified atom stereocenters. The molecule has 4 heterocycles. The Hall–Kier alpha value is -4.46. The molecule has 8 nitrogen and oxygen atoms in total. The number of methoxy groups -OCH3 is 1. The normalized spacial score (nSPS) is 11.7. The van der Waals surface area contributed by atoms with E-state index >= 15 is 0 Å². The Balaban J connectivity index is 1.49. The number of hydrogen-bond acceptors (Lipinski definition) is 8. The predicted molar refractivity (Wildman–Crippen MR) is 115 cm³/mol. The van der Waals surface area contributed by atoms with Crippen molar-refractivity contribution < 1.29 is 27.1 Å². The van der Waals surface area contributed by atoms with Crippen LogP contribution < -0.4 is 20.7 Å². The molecule has 0 saturated carbocycles. The van der Waals surface area contributed by atoms with Crippen molar-refractivity contribution in [3.05, 3.63) is 81.4 Å². The quantitative estimate of drug-likeness (QED) is 0.361. The lowest BCUT2D eigenvalue weighted by Gasteiger charge is -2.12. The van der Waals surface area contributed by atoms with Crippen molar-refractivity contribution in [2.24, 2.45) is 0 Å². The second kappa shape index (κ2) is 6.78. The van der Waals surface area contributed by atoms with Crippen LogP contribution in [0.1, 0.15) is 5.56 Å². The van der Waals surface area contributed by atoms with Crippen LogP contribution in [0.5, 0.6) is 11.5 Å². The first-order chi connectivity index (χ1) is 15.6. The van der Waals surface area contributed by atoms with Gasteiger partial charge in [-0.25, -0.2) is 9.59 Å². The summed E-state index contributed by atoms with van der Waals surface area (Å²) in [4.78, 5) is 24.4. The van der Waals surface area contributed by atoms with Crippen molar-refractivity contribution >= 4 is 43.9 Å². The largest absolute Gasteiger partial charge is 0.495 e. The number of fused-ring (bicyclic) bond motifs is 4. The average Bonchev–Trinajstić information content (AvgIpc) is 3.44. The van der Waals surface area contributed by atoms with E-state index in [1.807, 2.05) is 12.1 Å². The van der Waals surface area contributed by atoms with Crippen molar-refractivity contribution in [3.8, 4) is 11.5 Å². The summed E-state index contributed by atoms with van der Waals surface area (Å²) in [5.41, 5.74) is 1.02. The van der Waals surface area contributed by atoms with Crippen LogP contribution in [0.15, 0.2) is 82.2 Å². The topological polar surface area (TPSA) is 105 Å². The van der Waals surface area contributed by atoms with Gasteiger partial charge in [0.05, 0.1) is 36.0 Å². The second-order valence-corrected chi connectivity index (χ2v) is 7.21. The number of furan rings is 2. The molecule has 0 spiro atoms. The lowest BCUT2D eigenvalue weighted by molar-refractivity contribution is 0.290. The van der Waals surface area contributed by atoms with Gasteiger partial charge < -0.3 is 27.1 Å². The smallest absolute Gasteiger partial charge is 0.379 e. The number of hydrogen-bond donors (Lipinski definition) is 0. The third-order valence-electron chi connectivity index (χ3n) is 5.39. The molecule has 32 heavy (non-hydrogen) atoms. The minimum Gasteiger partial charge on any atom is -0.495 e. The molecule has 2 aromatic carbocycles. The van der Waals surface area contributed by atoms with Gasteiger partial charge in [-0.1, -0.05) is 0 Å². The summed E-state index contributed by atoms with van der Waals surface area (Å²) in [6.45, 7) is -0.0956. The maximum absolute atomic E-state index is 12.5. The van der Waals surface area contributed by atoms with Gasteiger partial charge in [-0.15, -0.1) is 0 Å². The molecule has 158 valence electrons. The van der Waals surface area contributed by atoms with Crippen molar-refractivity contribution in [2.45, 2.75) is 6.61 Å². The highest BCUT2D eigenvalue weighted by atomic mass is 16.5. The Kier molecular flexibility index (Phi) is 3.88. The molecular weight excluding hydrogens is 416 g/mol. The molecule has 8 heteroatoms. The van der Waals surface area contributed by atoms with E-state index in [4.69, 9.17) is 27.1 Å². The van der Waals surface area contributed by atoms with E-state index < -0.39 is 11.3 Å². The third-order valence-corrected chi connectivity index (χ3v) is 5.39. The number of ether oxygens (including phenoxy) is 2. The fourth-order valence-electron chi connectivity index (χ4n) is 3.95. The summed E-state index contributed by atoms with van der Waals surface area (Å²) in [7, 11) is 1.53. The highest BCUT2D eigenvalue weighted by molar-refractivity contribution is 6.04. The van der Waals surface area contributed by atoms with Crippen molar-refractivity contribution in [3.63, 3.8) is 0 Å². The van der Waals surface area contributed by atoms with Crippen LogP contribution in [0.4, 0.5) is 0 Å². The maximum atomic E-state index is 12.5. The monoisotopic (exact) mass is 430 g/mol. The molecule has 0 fully saturated rings. The van der Waals surface area contributed by atoms with Gasteiger partial charge in [0.25, 0.3) is 0 Å². The molecule has 4 aromatic heterocycles. The molecule has 0 radical (unpaired) electrons. The minimum atomic E-state index is -0.640. The van der Waals surface area contributed by atoms with E-state index in [0.29, 0.717) is 44.2 Å². The molecule has 0 aliphatic heterocycles. The molecule has 6 aromatic rings. The van der Waals surface area contributed by atoms with E-state index in [9.17, 15) is 9.59 Å². The Labute approximate surface area is 178 Å². The molecule has 0 bridgehead atoms. The maximum Gasteiger partial charge on any atom is 0.379 e. The van der Waals surface area contributed by atoms with Gasteiger partial charge in [0.15, 0.2) is 5.58 Å². The standard InChI is InChI=1S/C24H14O8/c1-27-21-14-2-3-20(25)32-23(14)16(22-15(21)5-7-29-22)11-30-19-9-13-8-12-4-6-28-17(12)10-18(13)31-24(19)26/h2-10H,11H2,1H3. The minimum absolute atomic E-state index is 0.0160. The van der Waals surface area contributed by atoms with Crippen LogP contribution >= 0.6 is 0 Å². The van der Waals surface area contributed by atoms with Gasteiger partial charge >= 0.3 is 11.3 Å². The van der Waals surface area contributed by atoms with E-state index in [-0.39, 0.29) is 17.9 Å². The molecule has 0 atom stereocenters. The van der Waals surface area contributed by atoms with E-state index in [2.05, 4.69) is 0 Å². The fraction of sp³-hybridized carbons (Fsp3) is 0.0833. The SMILES string of the molecule is COc1c2ccoc2c(COc2cc3cc4ccoc4cc3oc2=O)c2oc(=O)ccc12. The van der Waals surface area contributed by atoms with Crippen molar-refractivity contribution in [1.82, 2.24) is 0 Å².